The molecule has 1 atom stereocenters. The number of amides is 3. The van der Waals surface area contributed by atoms with Crippen molar-refractivity contribution < 1.29 is 23.5 Å². The molecule has 0 aliphatic carbocycles. The van der Waals surface area contributed by atoms with Gasteiger partial charge in [-0.2, -0.15) is 0 Å². The van der Waals surface area contributed by atoms with Crippen LogP contribution in [0.25, 0.3) is 0 Å². The summed E-state index contributed by atoms with van der Waals surface area (Å²) in [6.07, 6.45) is 1.26. The third kappa shape index (κ3) is 5.70. The molecule has 3 aromatic rings. The van der Waals surface area contributed by atoms with E-state index in [1.165, 1.54) is 5.56 Å². The number of carbonyl (C=O) groups excluding carboxylic acids is 3. The molecule has 0 spiro atoms. The van der Waals surface area contributed by atoms with Gasteiger partial charge in [0.15, 0.2) is 5.76 Å². The van der Waals surface area contributed by atoms with Crippen LogP contribution in [0.1, 0.15) is 64.9 Å². The number of carbonyl (C=O) groups is 3. The van der Waals surface area contributed by atoms with E-state index in [1.807, 2.05) is 30.0 Å². The number of rotatable bonds is 6. The lowest BCUT2D eigenvalue weighted by atomic mass is 9.87. The molecule has 2 aliphatic rings. The molecule has 5 rings (SSSR count). The Morgan fingerprint density at radius 2 is 1.72 bits per heavy atom. The Balaban J connectivity index is 1.30. The van der Waals surface area contributed by atoms with Crippen LogP contribution in [0.5, 0.6) is 5.75 Å². The van der Waals surface area contributed by atoms with Crippen LogP contribution >= 0.6 is 0 Å². The quantitative estimate of drug-likeness (QED) is 0.474. The summed E-state index contributed by atoms with van der Waals surface area (Å²) in [5.74, 6) is 1.48. The maximum Gasteiger partial charge on any atom is 0.289 e. The Bertz CT molecular complexity index is 1370. The van der Waals surface area contributed by atoms with Gasteiger partial charge in [0, 0.05) is 46.1 Å². The minimum Gasteiger partial charge on any atom is -0.486 e. The van der Waals surface area contributed by atoms with E-state index < -0.39 is 0 Å². The van der Waals surface area contributed by atoms with E-state index in [0.29, 0.717) is 50.7 Å². The first-order chi connectivity index (χ1) is 18.8. The Kier molecular flexibility index (Phi) is 7.72. The van der Waals surface area contributed by atoms with Crippen LogP contribution in [0.15, 0.2) is 59.0 Å². The van der Waals surface area contributed by atoms with Crippen LogP contribution in [0.2, 0.25) is 0 Å². The predicted molar refractivity (Wildman–Crippen MR) is 146 cm³/mol. The highest BCUT2D eigenvalue weighted by Gasteiger charge is 2.32. The summed E-state index contributed by atoms with van der Waals surface area (Å²) in [7, 11) is 0. The van der Waals surface area contributed by atoms with E-state index in [1.54, 1.807) is 28.9 Å². The van der Waals surface area contributed by atoms with Gasteiger partial charge in [-0.15, -0.1) is 0 Å². The summed E-state index contributed by atoms with van der Waals surface area (Å²) in [6, 6.07) is 17.7. The Labute approximate surface area is 229 Å². The molecule has 1 aromatic heterocycles. The lowest BCUT2D eigenvalue weighted by Crippen LogP contribution is -2.50. The molecule has 2 aromatic carbocycles. The molecule has 0 saturated carbocycles. The minimum atomic E-state index is -0.181. The third-order valence-corrected chi connectivity index (χ3v) is 7.59. The SMILES string of the molecule is CCC(=O)N1CCc2ccc(OCc3ccc(C(=O)N4CCN(C(C)=O)CC4)o3)cc2[C@@H]1c1cccc(C)c1. The van der Waals surface area contributed by atoms with Gasteiger partial charge in [-0.05, 0) is 54.3 Å². The fourth-order valence-corrected chi connectivity index (χ4v) is 5.46. The zero-order valence-electron chi connectivity index (χ0n) is 22.8. The maximum atomic E-state index is 12.9. The molecule has 0 N–H and O–H groups in total. The Hall–Kier alpha value is -4.07. The summed E-state index contributed by atoms with van der Waals surface area (Å²) in [5, 5.41) is 0. The topological polar surface area (TPSA) is 83.3 Å². The second kappa shape index (κ2) is 11.4. The summed E-state index contributed by atoms with van der Waals surface area (Å²) < 4.78 is 11.9. The van der Waals surface area contributed by atoms with Gasteiger partial charge in [0.05, 0.1) is 6.04 Å². The van der Waals surface area contributed by atoms with Gasteiger partial charge in [0.25, 0.3) is 5.91 Å². The average molecular weight is 530 g/mol. The van der Waals surface area contributed by atoms with Gasteiger partial charge in [0.2, 0.25) is 11.8 Å². The fraction of sp³-hybridized carbons (Fsp3) is 0.387. The summed E-state index contributed by atoms with van der Waals surface area (Å²) in [6.45, 7) is 8.40. The largest absolute Gasteiger partial charge is 0.486 e. The van der Waals surface area contributed by atoms with Crippen LogP contribution in [-0.2, 0) is 22.6 Å². The van der Waals surface area contributed by atoms with Crippen LogP contribution in [-0.4, -0.2) is 65.1 Å². The molecular formula is C31H35N3O5. The van der Waals surface area contributed by atoms with Gasteiger partial charge < -0.3 is 23.9 Å². The molecule has 39 heavy (non-hydrogen) atoms. The molecule has 204 valence electrons. The first-order valence-electron chi connectivity index (χ1n) is 13.6. The van der Waals surface area contributed by atoms with Crippen molar-refractivity contribution in [3.63, 3.8) is 0 Å². The van der Waals surface area contributed by atoms with E-state index in [9.17, 15) is 14.4 Å². The zero-order valence-corrected chi connectivity index (χ0v) is 22.8. The van der Waals surface area contributed by atoms with Crippen LogP contribution in [0.4, 0.5) is 0 Å². The van der Waals surface area contributed by atoms with Crippen molar-refractivity contribution in [3.8, 4) is 5.75 Å². The molecule has 3 heterocycles. The number of aryl methyl sites for hydroxylation is 1. The predicted octanol–water partition coefficient (Wildman–Crippen LogP) is 4.36. The van der Waals surface area contributed by atoms with Gasteiger partial charge in [0.1, 0.15) is 18.1 Å². The van der Waals surface area contributed by atoms with E-state index in [2.05, 4.69) is 31.2 Å². The number of piperazine rings is 1. The molecule has 1 fully saturated rings. The van der Waals surface area contributed by atoms with Gasteiger partial charge in [-0.1, -0.05) is 42.8 Å². The molecule has 0 unspecified atom stereocenters. The van der Waals surface area contributed by atoms with Crippen LogP contribution in [0.3, 0.4) is 0 Å². The number of nitrogens with zero attached hydrogens (tertiary/aromatic N) is 3. The maximum absolute atomic E-state index is 12.9. The first kappa shape index (κ1) is 26.5. The van der Waals surface area contributed by atoms with Crippen LogP contribution in [0, 0.1) is 6.92 Å². The van der Waals surface area contributed by atoms with E-state index >= 15 is 0 Å². The van der Waals surface area contributed by atoms with Crippen LogP contribution < -0.4 is 4.74 Å². The summed E-state index contributed by atoms with van der Waals surface area (Å²) in [4.78, 5) is 42.8. The first-order valence-corrected chi connectivity index (χ1v) is 13.6. The second-order valence-electron chi connectivity index (χ2n) is 10.2. The molecule has 8 nitrogen and oxygen atoms in total. The van der Waals surface area contributed by atoms with Crippen molar-refractivity contribution >= 4 is 17.7 Å². The monoisotopic (exact) mass is 529 g/mol. The van der Waals surface area contributed by atoms with Gasteiger partial charge in [-0.3, -0.25) is 14.4 Å². The lowest BCUT2D eigenvalue weighted by Gasteiger charge is -2.38. The number of hydrogen-bond donors (Lipinski definition) is 0. The fourth-order valence-electron chi connectivity index (χ4n) is 5.46. The van der Waals surface area contributed by atoms with Crippen molar-refractivity contribution in [3.05, 3.63) is 88.4 Å². The van der Waals surface area contributed by atoms with Crippen molar-refractivity contribution in [2.45, 2.75) is 46.3 Å². The molecule has 3 amide bonds. The summed E-state index contributed by atoms with van der Waals surface area (Å²) in [5.41, 5.74) is 4.53. The lowest BCUT2D eigenvalue weighted by molar-refractivity contribution is -0.133. The molecule has 0 radical (unpaired) electrons. The minimum absolute atomic E-state index is 0.0246. The van der Waals surface area contributed by atoms with Crippen molar-refractivity contribution in [2.24, 2.45) is 0 Å². The molecule has 8 heteroatoms. The Morgan fingerprint density at radius 3 is 2.44 bits per heavy atom. The normalized spacial score (nSPS) is 17.1. The molecule has 1 saturated heterocycles. The smallest absolute Gasteiger partial charge is 0.289 e. The molecule has 0 bridgehead atoms. The third-order valence-electron chi connectivity index (χ3n) is 7.59. The standard InChI is InChI=1S/C31H35N3O5/c1-4-29(36)34-13-12-23-8-9-25(19-27(23)30(34)24-7-5-6-21(2)18-24)38-20-26-10-11-28(39-26)31(37)33-16-14-32(15-17-33)22(3)35/h5-11,18-19,30H,4,12-17,20H2,1-3H3/t30-/m0/s1. The number of furan rings is 1. The number of ether oxygens (including phenoxy) is 1. The highest BCUT2D eigenvalue weighted by atomic mass is 16.5. The highest BCUT2D eigenvalue weighted by Crippen LogP contribution is 2.38. The second-order valence-corrected chi connectivity index (χ2v) is 10.2. The van der Waals surface area contributed by atoms with Gasteiger partial charge >= 0.3 is 0 Å². The van der Waals surface area contributed by atoms with E-state index in [-0.39, 0.29) is 36.1 Å². The summed E-state index contributed by atoms with van der Waals surface area (Å²) >= 11 is 0. The molecular weight excluding hydrogens is 494 g/mol. The van der Waals surface area contributed by atoms with Crippen molar-refractivity contribution in [1.82, 2.24) is 14.7 Å². The van der Waals surface area contributed by atoms with E-state index in [0.717, 1.165) is 23.1 Å². The highest BCUT2D eigenvalue weighted by molar-refractivity contribution is 5.91. The van der Waals surface area contributed by atoms with Gasteiger partial charge in [-0.25, -0.2) is 0 Å². The Morgan fingerprint density at radius 1 is 0.949 bits per heavy atom. The van der Waals surface area contributed by atoms with Crippen molar-refractivity contribution in [1.29, 1.82) is 0 Å². The number of fused-ring (bicyclic) bond motifs is 1. The molecule has 2 aliphatic heterocycles. The average Bonchev–Trinajstić information content (AvgIpc) is 3.43. The van der Waals surface area contributed by atoms with Crippen molar-refractivity contribution in [2.75, 3.05) is 32.7 Å². The number of hydrogen-bond acceptors (Lipinski definition) is 5. The zero-order chi connectivity index (χ0) is 27.5. The van der Waals surface area contributed by atoms with E-state index in [4.69, 9.17) is 9.15 Å². The number of benzene rings is 2.